The van der Waals surface area contributed by atoms with E-state index in [-0.39, 0.29) is 5.82 Å². The van der Waals surface area contributed by atoms with Gasteiger partial charge in [0, 0.05) is 10.0 Å². The molecule has 1 heterocycles. The van der Waals surface area contributed by atoms with Crippen molar-refractivity contribution in [3.63, 3.8) is 0 Å². The molecule has 0 fully saturated rings. The maximum Gasteiger partial charge on any atom is 0.328 e. The van der Waals surface area contributed by atoms with E-state index in [2.05, 4.69) is 31.5 Å². The van der Waals surface area contributed by atoms with E-state index in [1.807, 2.05) is 0 Å². The lowest BCUT2D eigenvalue weighted by molar-refractivity contribution is -0.140. The summed E-state index contributed by atoms with van der Waals surface area (Å²) in [5.41, 5.74) is 0.403. The van der Waals surface area contributed by atoms with Crippen LogP contribution in [0, 0.1) is 5.82 Å². The van der Waals surface area contributed by atoms with E-state index in [9.17, 15) is 9.18 Å². The maximum atomic E-state index is 13.3. The van der Waals surface area contributed by atoms with Crippen LogP contribution in [0.25, 0.3) is 11.4 Å². The van der Waals surface area contributed by atoms with Gasteiger partial charge < -0.3 is 5.11 Å². The van der Waals surface area contributed by atoms with Crippen LogP contribution in [0.5, 0.6) is 0 Å². The highest BCUT2D eigenvalue weighted by Crippen LogP contribution is 2.24. The van der Waals surface area contributed by atoms with Crippen LogP contribution in [0.4, 0.5) is 4.39 Å². The third kappa shape index (κ3) is 2.37. The number of aliphatic carboxylic acids is 1. The number of carboxylic acid groups (broad SMARTS) is 1. The molecule has 94 valence electrons. The van der Waals surface area contributed by atoms with E-state index in [0.29, 0.717) is 10.0 Å². The Morgan fingerprint density at radius 2 is 2.22 bits per heavy atom. The van der Waals surface area contributed by atoms with E-state index < -0.39 is 17.8 Å². The molecule has 1 N–H and O–H groups in total. The van der Waals surface area contributed by atoms with Gasteiger partial charge in [0.05, 0.1) is 0 Å². The Morgan fingerprint density at radius 1 is 1.50 bits per heavy atom. The van der Waals surface area contributed by atoms with E-state index >= 15 is 0 Å². The van der Waals surface area contributed by atoms with Crippen molar-refractivity contribution < 1.29 is 14.3 Å². The first-order chi connectivity index (χ1) is 8.49. The normalized spacial score (nSPS) is 12.4. The number of carbonyl (C=O) groups is 1. The third-order valence-electron chi connectivity index (χ3n) is 2.34. The van der Waals surface area contributed by atoms with Gasteiger partial charge in [-0.15, -0.1) is 5.10 Å². The summed E-state index contributed by atoms with van der Waals surface area (Å²) in [4.78, 5) is 10.9. The molecule has 2 rings (SSSR count). The molecule has 1 unspecified atom stereocenters. The van der Waals surface area contributed by atoms with Crippen molar-refractivity contribution in [3.8, 4) is 11.4 Å². The standard InChI is InChI=1S/C10H8BrFN4O2/c1-5(10(17)18)16-9(13-14-15-16)6-2-7(11)4-8(12)3-6/h2-5H,1H3,(H,17,18). The summed E-state index contributed by atoms with van der Waals surface area (Å²) >= 11 is 3.15. The topological polar surface area (TPSA) is 80.9 Å². The minimum atomic E-state index is -1.07. The van der Waals surface area contributed by atoms with Gasteiger partial charge in [-0.2, -0.15) is 0 Å². The Labute approximate surface area is 110 Å². The predicted octanol–water partition coefficient (Wildman–Crippen LogP) is 1.89. The number of hydrogen-bond donors (Lipinski definition) is 1. The van der Waals surface area contributed by atoms with Gasteiger partial charge in [0.2, 0.25) is 0 Å². The first-order valence-electron chi connectivity index (χ1n) is 4.96. The molecule has 1 aromatic carbocycles. The van der Waals surface area contributed by atoms with Gasteiger partial charge in [0.15, 0.2) is 11.9 Å². The minimum Gasteiger partial charge on any atom is -0.480 e. The number of rotatable bonds is 3. The summed E-state index contributed by atoms with van der Waals surface area (Å²) in [6.45, 7) is 1.44. The molecule has 1 aromatic heterocycles. The molecule has 0 saturated carbocycles. The molecule has 1 atom stereocenters. The van der Waals surface area contributed by atoms with E-state index in [1.54, 1.807) is 6.07 Å². The zero-order chi connectivity index (χ0) is 13.3. The van der Waals surface area contributed by atoms with Crippen LogP contribution in [0.1, 0.15) is 13.0 Å². The Morgan fingerprint density at radius 3 is 2.83 bits per heavy atom. The lowest BCUT2D eigenvalue weighted by Gasteiger charge is -2.08. The van der Waals surface area contributed by atoms with Crippen molar-refractivity contribution in [2.45, 2.75) is 13.0 Å². The van der Waals surface area contributed by atoms with Crippen LogP contribution in [-0.2, 0) is 4.79 Å². The molecule has 8 heteroatoms. The number of tetrazole rings is 1. The zero-order valence-electron chi connectivity index (χ0n) is 9.21. The van der Waals surface area contributed by atoms with Crippen molar-refractivity contribution in [2.75, 3.05) is 0 Å². The van der Waals surface area contributed by atoms with Crippen molar-refractivity contribution in [2.24, 2.45) is 0 Å². The van der Waals surface area contributed by atoms with E-state index in [1.165, 1.54) is 19.1 Å². The number of hydrogen-bond acceptors (Lipinski definition) is 4. The summed E-state index contributed by atoms with van der Waals surface area (Å²) in [6, 6.07) is 3.21. The fourth-order valence-electron chi connectivity index (χ4n) is 1.43. The highest BCUT2D eigenvalue weighted by atomic mass is 79.9. The Hall–Kier alpha value is -1.83. The largest absolute Gasteiger partial charge is 0.480 e. The fraction of sp³-hybridized carbons (Fsp3) is 0.200. The van der Waals surface area contributed by atoms with Crippen molar-refractivity contribution in [1.29, 1.82) is 0 Å². The Kier molecular flexibility index (Phi) is 3.37. The molecule has 0 amide bonds. The molecule has 0 aliphatic rings. The number of nitrogens with zero attached hydrogens (tertiary/aromatic N) is 4. The van der Waals surface area contributed by atoms with Gasteiger partial charge in [-0.05, 0) is 35.5 Å². The summed E-state index contributed by atoms with van der Waals surface area (Å²) in [7, 11) is 0. The van der Waals surface area contributed by atoms with Crippen molar-refractivity contribution in [3.05, 3.63) is 28.5 Å². The predicted molar refractivity (Wildman–Crippen MR) is 63.3 cm³/mol. The van der Waals surface area contributed by atoms with Gasteiger partial charge in [-0.3, -0.25) is 0 Å². The lowest BCUT2D eigenvalue weighted by atomic mass is 10.2. The summed E-state index contributed by atoms with van der Waals surface area (Å²) in [5.74, 6) is -1.33. The molecule has 0 radical (unpaired) electrons. The highest BCUT2D eigenvalue weighted by molar-refractivity contribution is 9.10. The average molecular weight is 315 g/mol. The molecule has 0 spiro atoms. The van der Waals surface area contributed by atoms with Gasteiger partial charge in [0.1, 0.15) is 5.82 Å². The van der Waals surface area contributed by atoms with Crippen LogP contribution in [0.2, 0.25) is 0 Å². The minimum absolute atomic E-state index is 0.199. The molecule has 0 bridgehead atoms. The summed E-state index contributed by atoms with van der Waals surface area (Å²) < 4.78 is 14.9. The first-order valence-corrected chi connectivity index (χ1v) is 5.75. The smallest absolute Gasteiger partial charge is 0.328 e. The van der Waals surface area contributed by atoms with E-state index in [0.717, 1.165) is 4.68 Å². The molecule has 0 saturated heterocycles. The molecule has 2 aromatic rings. The number of carboxylic acids is 1. The fourth-order valence-corrected chi connectivity index (χ4v) is 1.90. The zero-order valence-corrected chi connectivity index (χ0v) is 10.8. The van der Waals surface area contributed by atoms with Gasteiger partial charge in [-0.25, -0.2) is 13.9 Å². The molecule has 18 heavy (non-hydrogen) atoms. The number of benzene rings is 1. The molecule has 0 aliphatic carbocycles. The monoisotopic (exact) mass is 314 g/mol. The average Bonchev–Trinajstić information content (AvgIpc) is 2.75. The third-order valence-corrected chi connectivity index (χ3v) is 2.80. The SMILES string of the molecule is CC(C(=O)O)n1nnnc1-c1cc(F)cc(Br)c1. The maximum absolute atomic E-state index is 13.3. The molecule has 6 nitrogen and oxygen atoms in total. The summed E-state index contributed by atoms with van der Waals surface area (Å²) in [6.07, 6.45) is 0. The second kappa shape index (κ2) is 4.81. The van der Waals surface area contributed by atoms with Crippen molar-refractivity contribution in [1.82, 2.24) is 20.2 Å². The van der Waals surface area contributed by atoms with Crippen LogP contribution in [0.3, 0.4) is 0 Å². The van der Waals surface area contributed by atoms with E-state index in [4.69, 9.17) is 5.11 Å². The molecular weight excluding hydrogens is 307 g/mol. The van der Waals surface area contributed by atoms with Gasteiger partial charge >= 0.3 is 5.97 Å². The molecular formula is C10H8BrFN4O2. The second-order valence-electron chi connectivity index (χ2n) is 3.62. The second-order valence-corrected chi connectivity index (χ2v) is 4.54. The first kappa shape index (κ1) is 12.6. The van der Waals surface area contributed by atoms with Crippen molar-refractivity contribution >= 4 is 21.9 Å². The number of halogens is 2. The van der Waals surface area contributed by atoms with Gasteiger partial charge in [-0.1, -0.05) is 15.9 Å². The van der Waals surface area contributed by atoms with Crippen LogP contribution >= 0.6 is 15.9 Å². The van der Waals surface area contributed by atoms with Crippen LogP contribution < -0.4 is 0 Å². The summed E-state index contributed by atoms with van der Waals surface area (Å²) in [5, 5.41) is 19.7. The Bertz CT molecular complexity index is 581. The van der Waals surface area contributed by atoms with Crippen LogP contribution in [0.15, 0.2) is 22.7 Å². The highest BCUT2D eigenvalue weighted by Gasteiger charge is 2.20. The molecule has 0 aliphatic heterocycles. The Balaban J connectivity index is 2.51. The lowest BCUT2D eigenvalue weighted by Crippen LogP contribution is -2.18. The quantitative estimate of drug-likeness (QED) is 0.935. The number of aromatic nitrogens is 4. The van der Waals surface area contributed by atoms with Gasteiger partial charge in [0.25, 0.3) is 0 Å². The van der Waals surface area contributed by atoms with Crippen LogP contribution in [-0.4, -0.2) is 31.3 Å².